The summed E-state index contributed by atoms with van der Waals surface area (Å²) in [5, 5.41) is 10.3. The van der Waals surface area contributed by atoms with Gasteiger partial charge in [-0.2, -0.15) is 0 Å². The molecule has 1 aromatic carbocycles. The Balaban J connectivity index is 1.48. The van der Waals surface area contributed by atoms with E-state index in [0.29, 0.717) is 0 Å². The number of fused-ring (bicyclic) bond motifs is 1. The molecule has 3 heteroatoms. The molecule has 1 aromatic rings. The van der Waals surface area contributed by atoms with Gasteiger partial charge >= 0.3 is 0 Å². The summed E-state index contributed by atoms with van der Waals surface area (Å²) < 4.78 is 0. The second kappa shape index (κ2) is 6.91. The normalized spacial score (nSPS) is 29.0. The van der Waals surface area contributed by atoms with Gasteiger partial charge < -0.3 is 14.9 Å². The Morgan fingerprint density at radius 3 is 2.81 bits per heavy atom. The van der Waals surface area contributed by atoms with E-state index in [9.17, 15) is 5.11 Å². The average molecular weight is 288 g/mol. The number of nitrogens with zero attached hydrogens (tertiary/aromatic N) is 2. The highest BCUT2D eigenvalue weighted by atomic mass is 16.3. The molecule has 2 heterocycles. The summed E-state index contributed by atoms with van der Waals surface area (Å²) in [5.41, 5.74) is 1.05. The average Bonchev–Trinajstić information content (AvgIpc) is 2.53. The maximum atomic E-state index is 10.3. The minimum absolute atomic E-state index is 0.321. The molecule has 2 saturated heterocycles. The minimum atomic E-state index is -0.321. The lowest BCUT2D eigenvalue weighted by Gasteiger charge is -2.46. The van der Waals surface area contributed by atoms with E-state index >= 15 is 0 Å². The lowest BCUT2D eigenvalue weighted by atomic mass is 9.84. The first-order valence-corrected chi connectivity index (χ1v) is 8.39. The van der Waals surface area contributed by atoms with E-state index in [4.69, 9.17) is 0 Å². The molecule has 3 atom stereocenters. The summed E-state index contributed by atoms with van der Waals surface area (Å²) in [6.07, 6.45) is 4.54. The molecule has 0 amide bonds. The summed E-state index contributed by atoms with van der Waals surface area (Å²) in [6, 6.07) is 10.8. The van der Waals surface area contributed by atoms with Crippen LogP contribution >= 0.6 is 0 Å². The van der Waals surface area contributed by atoms with Gasteiger partial charge in [0.1, 0.15) is 0 Å². The Morgan fingerprint density at radius 1 is 1.19 bits per heavy atom. The zero-order valence-corrected chi connectivity index (χ0v) is 13.1. The third-order valence-electron chi connectivity index (χ3n) is 5.33. The van der Waals surface area contributed by atoms with E-state index in [1.807, 2.05) is 30.3 Å². The quantitative estimate of drug-likeness (QED) is 0.922. The van der Waals surface area contributed by atoms with Gasteiger partial charge in [0.15, 0.2) is 0 Å². The van der Waals surface area contributed by atoms with Crippen molar-refractivity contribution in [2.75, 3.05) is 33.2 Å². The number of likely N-dealkylation sites (tertiary alicyclic amines) is 2. The fraction of sp³-hybridized carbons (Fsp3) is 0.667. The van der Waals surface area contributed by atoms with Crippen molar-refractivity contribution in [1.29, 1.82) is 0 Å². The van der Waals surface area contributed by atoms with E-state index in [1.165, 1.54) is 38.9 Å². The summed E-state index contributed by atoms with van der Waals surface area (Å²) in [7, 11) is 2.28. The standard InChI is InChI=1S/C18H28N2O/c1-19-11-5-8-16-14-20(12-9-17(16)19)13-10-18(21)15-6-3-2-4-7-15/h2-4,6-7,16-18,21H,5,8-14H2,1H3. The minimum Gasteiger partial charge on any atom is -0.388 e. The molecule has 2 aliphatic heterocycles. The van der Waals surface area contributed by atoms with E-state index in [0.717, 1.165) is 30.5 Å². The summed E-state index contributed by atoms with van der Waals surface area (Å²) in [6.45, 7) is 4.69. The number of aliphatic hydroxyl groups excluding tert-OH is 1. The van der Waals surface area contributed by atoms with Crippen molar-refractivity contribution in [2.45, 2.75) is 37.8 Å². The van der Waals surface area contributed by atoms with Gasteiger partial charge in [-0.1, -0.05) is 30.3 Å². The Hall–Kier alpha value is -0.900. The fourth-order valence-corrected chi connectivity index (χ4v) is 4.08. The number of aliphatic hydroxyl groups is 1. The molecule has 2 fully saturated rings. The van der Waals surface area contributed by atoms with E-state index < -0.39 is 0 Å². The van der Waals surface area contributed by atoms with Gasteiger partial charge in [0, 0.05) is 19.1 Å². The smallest absolute Gasteiger partial charge is 0.0802 e. The largest absolute Gasteiger partial charge is 0.388 e. The molecule has 0 radical (unpaired) electrons. The number of hydrogen-bond acceptors (Lipinski definition) is 3. The van der Waals surface area contributed by atoms with Crippen LogP contribution in [0.5, 0.6) is 0 Å². The van der Waals surface area contributed by atoms with Crippen LogP contribution in [-0.4, -0.2) is 54.2 Å². The van der Waals surface area contributed by atoms with E-state index in [-0.39, 0.29) is 6.10 Å². The first-order chi connectivity index (χ1) is 10.2. The molecule has 0 spiro atoms. The van der Waals surface area contributed by atoms with Crippen LogP contribution < -0.4 is 0 Å². The third kappa shape index (κ3) is 3.65. The molecular weight excluding hydrogens is 260 g/mol. The van der Waals surface area contributed by atoms with Gasteiger partial charge in [-0.05, 0) is 57.3 Å². The molecule has 0 bridgehead atoms. The van der Waals surface area contributed by atoms with Crippen LogP contribution in [0.1, 0.15) is 37.4 Å². The van der Waals surface area contributed by atoms with Gasteiger partial charge in [0.25, 0.3) is 0 Å². The van der Waals surface area contributed by atoms with Crippen molar-refractivity contribution < 1.29 is 5.11 Å². The first-order valence-electron chi connectivity index (χ1n) is 8.39. The highest BCUT2D eigenvalue weighted by Crippen LogP contribution is 2.30. The first kappa shape index (κ1) is 15.0. The highest BCUT2D eigenvalue weighted by Gasteiger charge is 2.33. The SMILES string of the molecule is CN1CCCC2CN(CCC(O)c3ccccc3)CCC21. The van der Waals surface area contributed by atoms with E-state index in [1.54, 1.807) is 0 Å². The van der Waals surface area contributed by atoms with Gasteiger partial charge in [-0.15, -0.1) is 0 Å². The lowest BCUT2D eigenvalue weighted by molar-refractivity contribution is 0.0318. The Labute approximate surface area is 128 Å². The van der Waals surface area contributed by atoms with E-state index in [2.05, 4.69) is 16.8 Å². The number of rotatable bonds is 4. The number of piperidine rings is 2. The predicted octanol–water partition coefficient (Wildman–Crippen LogP) is 2.53. The molecule has 116 valence electrons. The number of hydrogen-bond donors (Lipinski definition) is 1. The van der Waals surface area contributed by atoms with Crippen LogP contribution in [0.3, 0.4) is 0 Å². The Bertz CT molecular complexity index is 436. The zero-order chi connectivity index (χ0) is 14.7. The lowest BCUT2D eigenvalue weighted by Crippen LogP contribution is -2.52. The summed E-state index contributed by atoms with van der Waals surface area (Å²) >= 11 is 0. The van der Waals surface area contributed by atoms with Crippen LogP contribution in [0.2, 0.25) is 0 Å². The van der Waals surface area contributed by atoms with Crippen molar-refractivity contribution in [3.63, 3.8) is 0 Å². The molecule has 2 aliphatic rings. The second-order valence-corrected chi connectivity index (χ2v) is 6.75. The fourth-order valence-electron chi connectivity index (χ4n) is 4.08. The third-order valence-corrected chi connectivity index (χ3v) is 5.33. The Morgan fingerprint density at radius 2 is 2.00 bits per heavy atom. The highest BCUT2D eigenvalue weighted by molar-refractivity contribution is 5.17. The molecular formula is C18H28N2O. The van der Waals surface area contributed by atoms with Crippen LogP contribution in [-0.2, 0) is 0 Å². The maximum Gasteiger partial charge on any atom is 0.0802 e. The van der Waals surface area contributed by atoms with Gasteiger partial charge in [0.2, 0.25) is 0 Å². The molecule has 0 saturated carbocycles. The van der Waals surface area contributed by atoms with Crippen LogP contribution in [0.15, 0.2) is 30.3 Å². The summed E-state index contributed by atoms with van der Waals surface area (Å²) in [5.74, 6) is 0.839. The molecule has 21 heavy (non-hydrogen) atoms. The van der Waals surface area contributed by atoms with Crippen molar-refractivity contribution in [1.82, 2.24) is 9.80 Å². The van der Waals surface area contributed by atoms with Crippen molar-refractivity contribution >= 4 is 0 Å². The number of benzene rings is 1. The van der Waals surface area contributed by atoms with Crippen LogP contribution in [0.25, 0.3) is 0 Å². The molecule has 0 aliphatic carbocycles. The topological polar surface area (TPSA) is 26.7 Å². The monoisotopic (exact) mass is 288 g/mol. The molecule has 0 aromatic heterocycles. The van der Waals surface area contributed by atoms with Gasteiger partial charge in [-0.25, -0.2) is 0 Å². The zero-order valence-electron chi connectivity index (χ0n) is 13.1. The molecule has 3 rings (SSSR count). The predicted molar refractivity (Wildman–Crippen MR) is 86.2 cm³/mol. The van der Waals surface area contributed by atoms with Crippen molar-refractivity contribution in [2.24, 2.45) is 5.92 Å². The second-order valence-electron chi connectivity index (χ2n) is 6.75. The van der Waals surface area contributed by atoms with Crippen molar-refractivity contribution in [3.8, 4) is 0 Å². The van der Waals surface area contributed by atoms with Gasteiger partial charge in [-0.3, -0.25) is 0 Å². The molecule has 3 nitrogen and oxygen atoms in total. The van der Waals surface area contributed by atoms with Gasteiger partial charge in [0.05, 0.1) is 6.10 Å². The maximum absolute atomic E-state index is 10.3. The molecule has 3 unspecified atom stereocenters. The van der Waals surface area contributed by atoms with Crippen LogP contribution in [0, 0.1) is 5.92 Å². The Kier molecular flexibility index (Phi) is 4.94. The van der Waals surface area contributed by atoms with Crippen molar-refractivity contribution in [3.05, 3.63) is 35.9 Å². The van der Waals surface area contributed by atoms with Crippen LogP contribution in [0.4, 0.5) is 0 Å². The molecule has 1 N–H and O–H groups in total. The summed E-state index contributed by atoms with van der Waals surface area (Å²) in [4.78, 5) is 5.12.